The summed E-state index contributed by atoms with van der Waals surface area (Å²) in [7, 11) is 0. The number of fused-ring (bicyclic) bond motifs is 1. The van der Waals surface area contributed by atoms with Gasteiger partial charge in [-0.1, -0.05) is 12.1 Å². The predicted molar refractivity (Wildman–Crippen MR) is 71.9 cm³/mol. The van der Waals surface area contributed by atoms with E-state index in [1.807, 2.05) is 19.1 Å². The lowest BCUT2D eigenvalue weighted by Crippen LogP contribution is -2.02. The van der Waals surface area contributed by atoms with E-state index >= 15 is 0 Å². The van der Waals surface area contributed by atoms with E-state index in [0.29, 0.717) is 5.58 Å². The van der Waals surface area contributed by atoms with E-state index in [0.717, 1.165) is 17.2 Å². The minimum Gasteiger partial charge on any atom is -0.478 e. The zero-order chi connectivity index (χ0) is 14.3. The van der Waals surface area contributed by atoms with E-state index in [2.05, 4.69) is 0 Å². The van der Waals surface area contributed by atoms with Crippen molar-refractivity contribution < 1.29 is 18.7 Å². The van der Waals surface area contributed by atoms with Gasteiger partial charge < -0.3 is 13.9 Å². The molecule has 0 aliphatic carbocycles. The van der Waals surface area contributed by atoms with Crippen LogP contribution in [0.25, 0.3) is 22.3 Å². The topological polar surface area (TPSA) is 80.6 Å². The number of benzene rings is 1. The van der Waals surface area contributed by atoms with Crippen molar-refractivity contribution in [2.24, 2.45) is 0 Å². The molecule has 0 fully saturated rings. The highest BCUT2D eigenvalue weighted by Crippen LogP contribution is 2.23. The van der Waals surface area contributed by atoms with Gasteiger partial charge in [0.2, 0.25) is 0 Å². The van der Waals surface area contributed by atoms with E-state index in [9.17, 15) is 9.59 Å². The Balaban J connectivity index is 2.20. The fourth-order valence-corrected chi connectivity index (χ4v) is 1.98. The van der Waals surface area contributed by atoms with Crippen LogP contribution in [0.5, 0.6) is 0 Å². The van der Waals surface area contributed by atoms with Gasteiger partial charge in [-0.05, 0) is 30.7 Å². The van der Waals surface area contributed by atoms with E-state index in [1.165, 1.54) is 6.07 Å². The monoisotopic (exact) mass is 270 g/mol. The van der Waals surface area contributed by atoms with Gasteiger partial charge in [-0.3, -0.25) is 0 Å². The standard InChI is InChI=1S/C15H10O5/c1-8-2-3-9-5-11(15(18)20-12(9)4-8)13-6-10(7-19-13)14(16)17/h2-7H,1H3,(H,16,17). The van der Waals surface area contributed by atoms with Gasteiger partial charge in [0.1, 0.15) is 23.2 Å². The van der Waals surface area contributed by atoms with Crippen LogP contribution in [0.2, 0.25) is 0 Å². The molecule has 3 rings (SSSR count). The number of hydrogen-bond acceptors (Lipinski definition) is 4. The van der Waals surface area contributed by atoms with Gasteiger partial charge in [0.05, 0.1) is 5.56 Å². The Morgan fingerprint density at radius 3 is 2.70 bits per heavy atom. The summed E-state index contributed by atoms with van der Waals surface area (Å²) in [5.74, 6) is -0.931. The van der Waals surface area contributed by atoms with Gasteiger partial charge in [-0.2, -0.15) is 0 Å². The van der Waals surface area contributed by atoms with Crippen LogP contribution in [0.15, 0.2) is 50.2 Å². The molecular weight excluding hydrogens is 260 g/mol. The Labute approximate surface area is 113 Å². The fourth-order valence-electron chi connectivity index (χ4n) is 1.98. The van der Waals surface area contributed by atoms with Crippen LogP contribution in [-0.4, -0.2) is 11.1 Å². The number of carboxylic acid groups (broad SMARTS) is 1. The number of aromatic carboxylic acids is 1. The van der Waals surface area contributed by atoms with Crippen LogP contribution in [-0.2, 0) is 0 Å². The summed E-state index contributed by atoms with van der Waals surface area (Å²) >= 11 is 0. The molecule has 1 N–H and O–H groups in total. The second kappa shape index (κ2) is 4.38. The summed E-state index contributed by atoms with van der Waals surface area (Å²) in [6, 6.07) is 8.43. The van der Waals surface area contributed by atoms with E-state index < -0.39 is 11.6 Å². The third kappa shape index (κ3) is 1.99. The molecule has 2 aromatic heterocycles. The lowest BCUT2D eigenvalue weighted by atomic mass is 10.1. The smallest absolute Gasteiger partial charge is 0.347 e. The van der Waals surface area contributed by atoms with E-state index in [-0.39, 0.29) is 16.9 Å². The van der Waals surface area contributed by atoms with E-state index in [4.69, 9.17) is 13.9 Å². The molecule has 0 atom stereocenters. The lowest BCUT2D eigenvalue weighted by molar-refractivity contribution is 0.0696. The molecule has 0 amide bonds. The molecule has 0 aliphatic rings. The molecule has 0 unspecified atom stereocenters. The third-order valence-electron chi connectivity index (χ3n) is 3.00. The first kappa shape index (κ1) is 12.2. The minimum absolute atomic E-state index is 0.0107. The van der Waals surface area contributed by atoms with Crippen molar-refractivity contribution in [2.45, 2.75) is 6.92 Å². The molecule has 5 nitrogen and oxygen atoms in total. The average Bonchev–Trinajstić information content (AvgIpc) is 2.87. The second-order valence-electron chi connectivity index (χ2n) is 4.49. The van der Waals surface area contributed by atoms with Crippen LogP contribution < -0.4 is 5.63 Å². The molecule has 0 aliphatic heterocycles. The Bertz CT molecular complexity index is 869. The van der Waals surface area contributed by atoms with Gasteiger partial charge >= 0.3 is 11.6 Å². The summed E-state index contributed by atoms with van der Waals surface area (Å²) in [5.41, 5.74) is 1.11. The minimum atomic E-state index is -1.11. The average molecular weight is 270 g/mol. The molecule has 0 radical (unpaired) electrons. The molecule has 2 heterocycles. The zero-order valence-electron chi connectivity index (χ0n) is 10.5. The zero-order valence-corrected chi connectivity index (χ0v) is 10.5. The Hall–Kier alpha value is -2.82. The highest BCUT2D eigenvalue weighted by Gasteiger charge is 2.14. The van der Waals surface area contributed by atoms with Gasteiger partial charge in [0, 0.05) is 5.39 Å². The number of rotatable bonds is 2. The first-order chi connectivity index (χ1) is 9.54. The van der Waals surface area contributed by atoms with Crippen LogP contribution >= 0.6 is 0 Å². The molecule has 0 saturated carbocycles. The summed E-state index contributed by atoms with van der Waals surface area (Å²) in [6.07, 6.45) is 1.09. The van der Waals surface area contributed by atoms with Crippen molar-refractivity contribution in [3.05, 3.63) is 58.1 Å². The fraction of sp³-hybridized carbons (Fsp3) is 0.0667. The maximum Gasteiger partial charge on any atom is 0.347 e. The molecular formula is C15H10O5. The first-order valence-electron chi connectivity index (χ1n) is 5.91. The second-order valence-corrected chi connectivity index (χ2v) is 4.49. The van der Waals surface area contributed by atoms with Crippen molar-refractivity contribution >= 4 is 16.9 Å². The van der Waals surface area contributed by atoms with Crippen molar-refractivity contribution in [2.75, 3.05) is 0 Å². The molecule has 0 bridgehead atoms. The maximum atomic E-state index is 11.9. The highest BCUT2D eigenvalue weighted by atomic mass is 16.4. The number of carboxylic acids is 1. The highest BCUT2D eigenvalue weighted by molar-refractivity contribution is 5.89. The van der Waals surface area contributed by atoms with Crippen molar-refractivity contribution in [1.82, 2.24) is 0 Å². The van der Waals surface area contributed by atoms with Gasteiger partial charge in [0.25, 0.3) is 0 Å². The SMILES string of the molecule is Cc1ccc2cc(-c3cc(C(=O)O)co3)c(=O)oc2c1. The van der Waals surface area contributed by atoms with Gasteiger partial charge in [-0.25, -0.2) is 9.59 Å². The summed E-state index contributed by atoms with van der Waals surface area (Å²) < 4.78 is 10.4. The Morgan fingerprint density at radius 1 is 1.20 bits per heavy atom. The number of furan rings is 1. The molecule has 5 heteroatoms. The molecule has 1 aromatic carbocycles. The van der Waals surface area contributed by atoms with Crippen LogP contribution in [0.1, 0.15) is 15.9 Å². The Kier molecular flexibility index (Phi) is 2.68. The van der Waals surface area contributed by atoms with Crippen LogP contribution in [0.3, 0.4) is 0 Å². The Morgan fingerprint density at radius 2 is 2.00 bits per heavy atom. The van der Waals surface area contributed by atoms with Crippen molar-refractivity contribution in [3.63, 3.8) is 0 Å². The molecule has 20 heavy (non-hydrogen) atoms. The quantitative estimate of drug-likeness (QED) is 0.724. The number of hydrogen-bond donors (Lipinski definition) is 1. The summed E-state index contributed by atoms with van der Waals surface area (Å²) in [5, 5.41) is 9.60. The third-order valence-corrected chi connectivity index (χ3v) is 3.00. The predicted octanol–water partition coefficient (Wildman–Crippen LogP) is 3.06. The van der Waals surface area contributed by atoms with Crippen molar-refractivity contribution in [3.8, 4) is 11.3 Å². The molecule has 0 spiro atoms. The summed E-state index contributed by atoms with van der Waals surface area (Å²) in [6.45, 7) is 1.90. The number of aryl methyl sites for hydroxylation is 1. The van der Waals surface area contributed by atoms with Gasteiger partial charge in [0.15, 0.2) is 0 Å². The molecule has 100 valence electrons. The maximum absolute atomic E-state index is 11.9. The normalized spacial score (nSPS) is 10.8. The lowest BCUT2D eigenvalue weighted by Gasteiger charge is -2.00. The van der Waals surface area contributed by atoms with Gasteiger partial charge in [-0.15, -0.1) is 0 Å². The van der Waals surface area contributed by atoms with Crippen molar-refractivity contribution in [1.29, 1.82) is 0 Å². The summed E-state index contributed by atoms with van der Waals surface area (Å²) in [4.78, 5) is 22.8. The van der Waals surface area contributed by atoms with E-state index in [1.54, 1.807) is 12.1 Å². The van der Waals surface area contributed by atoms with Crippen LogP contribution in [0.4, 0.5) is 0 Å². The molecule has 3 aromatic rings. The largest absolute Gasteiger partial charge is 0.478 e. The first-order valence-corrected chi connectivity index (χ1v) is 5.91. The molecule has 0 saturated heterocycles. The number of carbonyl (C=O) groups is 1. The van der Waals surface area contributed by atoms with Crippen LogP contribution in [0, 0.1) is 6.92 Å².